The van der Waals surface area contributed by atoms with Gasteiger partial charge in [0, 0.05) is 13.0 Å². The number of carbonyl (C=O) groups is 1. The number of aliphatic hydroxyl groups excluding tert-OH is 5. The molecule has 1 rings (SSSR count). The lowest BCUT2D eigenvalue weighted by Crippen LogP contribution is -2.64. The molecule has 346 valence electrons. The maximum absolute atomic E-state index is 12.8. The van der Waals surface area contributed by atoms with Crippen LogP contribution in [-0.4, -0.2) is 98.9 Å². The highest BCUT2D eigenvalue weighted by molar-refractivity contribution is 7.47. The molecule has 0 aromatic rings. The fraction of sp³-hybridized carbons (Fsp3) is 0.723. The lowest BCUT2D eigenvalue weighted by Gasteiger charge is -2.41. The molecule has 1 saturated carbocycles. The smallest absolute Gasteiger partial charge is 0.457 e. The molecule has 6 unspecified atom stereocenters. The van der Waals surface area contributed by atoms with Gasteiger partial charge in [0.1, 0.15) is 42.7 Å². The molecule has 0 spiro atoms. The molecule has 6 atom stereocenters. The summed E-state index contributed by atoms with van der Waals surface area (Å²) in [7, 11) is -5.03. The molecule has 1 aliphatic rings. The van der Waals surface area contributed by atoms with Crippen molar-refractivity contribution in [1.82, 2.24) is 0 Å². The van der Waals surface area contributed by atoms with Crippen molar-refractivity contribution in [3.8, 4) is 0 Å². The Bertz CT molecular complexity index is 1260. The predicted molar refractivity (Wildman–Crippen MR) is 239 cm³/mol. The minimum absolute atomic E-state index is 0.0931. The molecule has 0 bridgehead atoms. The zero-order valence-electron chi connectivity index (χ0n) is 36.7. The molecule has 0 radical (unpaired) electrons. The van der Waals surface area contributed by atoms with E-state index in [9.17, 15) is 39.8 Å². The van der Waals surface area contributed by atoms with Crippen LogP contribution in [0, 0.1) is 0 Å². The third-order valence-corrected chi connectivity index (χ3v) is 11.0. The second kappa shape index (κ2) is 37.3. The maximum Gasteiger partial charge on any atom is 0.472 e. The second-order valence-electron chi connectivity index (χ2n) is 15.5. The lowest BCUT2D eigenvalue weighted by molar-refractivity contribution is -0.220. The molecule has 1 fully saturated rings. The summed E-state index contributed by atoms with van der Waals surface area (Å²) in [5.41, 5.74) is 0. The molecule has 0 aromatic heterocycles. The van der Waals surface area contributed by atoms with Crippen LogP contribution < -0.4 is 0 Å². The summed E-state index contributed by atoms with van der Waals surface area (Å²) in [6.45, 7) is 4.05. The van der Waals surface area contributed by atoms with Gasteiger partial charge in [0.15, 0.2) is 0 Å². The molecule has 6 N–H and O–H groups in total. The first-order chi connectivity index (χ1) is 29.0. The average molecular weight is 869 g/mol. The first kappa shape index (κ1) is 55.8. The summed E-state index contributed by atoms with van der Waals surface area (Å²) in [5, 5.41) is 50.1. The van der Waals surface area contributed by atoms with E-state index in [0.29, 0.717) is 13.0 Å². The van der Waals surface area contributed by atoms with Crippen molar-refractivity contribution < 1.29 is 58.3 Å². The number of rotatable bonds is 37. The molecular formula is C47H81O12P. The van der Waals surface area contributed by atoms with E-state index in [4.69, 9.17) is 18.5 Å². The third-order valence-electron chi connectivity index (χ3n) is 10.1. The van der Waals surface area contributed by atoms with Crippen molar-refractivity contribution in [2.75, 3.05) is 19.8 Å². The van der Waals surface area contributed by atoms with Crippen LogP contribution in [0.3, 0.4) is 0 Å². The van der Waals surface area contributed by atoms with Crippen LogP contribution in [0.2, 0.25) is 0 Å². The lowest BCUT2D eigenvalue weighted by atomic mass is 9.85. The number of carbonyl (C=O) groups excluding carboxylic acids is 1. The Kier molecular flexibility index (Phi) is 34.7. The van der Waals surface area contributed by atoms with Crippen molar-refractivity contribution in [3.05, 3.63) is 72.9 Å². The van der Waals surface area contributed by atoms with E-state index >= 15 is 0 Å². The van der Waals surface area contributed by atoms with Gasteiger partial charge in [-0.05, 0) is 77.0 Å². The van der Waals surface area contributed by atoms with Gasteiger partial charge < -0.3 is 39.9 Å². The largest absolute Gasteiger partial charge is 0.472 e. The molecule has 60 heavy (non-hydrogen) atoms. The minimum Gasteiger partial charge on any atom is -0.457 e. The highest BCUT2D eigenvalue weighted by Gasteiger charge is 2.51. The molecule has 13 heteroatoms. The number of hydrogen-bond donors (Lipinski definition) is 6. The summed E-state index contributed by atoms with van der Waals surface area (Å²) in [4.78, 5) is 23.1. The quantitative estimate of drug-likeness (QED) is 0.0150. The van der Waals surface area contributed by atoms with Crippen LogP contribution in [0.5, 0.6) is 0 Å². The molecule has 12 nitrogen and oxygen atoms in total. The van der Waals surface area contributed by atoms with Gasteiger partial charge in [-0.25, -0.2) is 4.57 Å². The first-order valence-corrected chi connectivity index (χ1v) is 24.3. The Hall–Kier alpha value is -2.22. The van der Waals surface area contributed by atoms with Crippen LogP contribution >= 0.6 is 7.82 Å². The van der Waals surface area contributed by atoms with Gasteiger partial charge in [0.05, 0.1) is 13.2 Å². The summed E-state index contributed by atoms with van der Waals surface area (Å²) in [6.07, 6.45) is 35.4. The average Bonchev–Trinajstić information content (AvgIpc) is 3.23. The van der Waals surface area contributed by atoms with Gasteiger partial charge in [-0.3, -0.25) is 13.8 Å². The van der Waals surface area contributed by atoms with Gasteiger partial charge in [-0.2, -0.15) is 0 Å². The van der Waals surface area contributed by atoms with Crippen LogP contribution in [0.4, 0.5) is 0 Å². The number of ether oxygens (including phenoxy) is 2. The topological polar surface area (TPSA) is 192 Å². The van der Waals surface area contributed by atoms with Crippen LogP contribution in [0.25, 0.3) is 0 Å². The van der Waals surface area contributed by atoms with Gasteiger partial charge in [-0.15, -0.1) is 0 Å². The van der Waals surface area contributed by atoms with E-state index in [-0.39, 0.29) is 13.0 Å². The molecule has 0 amide bonds. The van der Waals surface area contributed by atoms with E-state index in [1.165, 1.54) is 25.7 Å². The highest BCUT2D eigenvalue weighted by atomic mass is 31.2. The van der Waals surface area contributed by atoms with E-state index in [1.807, 2.05) is 0 Å². The summed E-state index contributed by atoms with van der Waals surface area (Å²) in [6, 6.07) is 0. The van der Waals surface area contributed by atoms with Gasteiger partial charge in [-0.1, -0.05) is 145 Å². The fourth-order valence-electron chi connectivity index (χ4n) is 6.42. The second-order valence-corrected chi connectivity index (χ2v) is 16.9. The SMILES string of the molecule is CC/C=C\C/C=C\C/C=C\C/C=C\C/C=C\CCCCCCCC(=O)OC(COCCCCCCCC/C=C\CCCC)COP(=O)(O)OC1C(O)C(O)C(O)C(O)C1O. The normalized spacial score (nSPS) is 23.0. The zero-order valence-corrected chi connectivity index (χ0v) is 37.6. The van der Waals surface area contributed by atoms with E-state index < -0.39 is 63.1 Å². The molecular weight excluding hydrogens is 787 g/mol. The molecule has 0 saturated heterocycles. The Morgan fingerprint density at radius 1 is 0.550 bits per heavy atom. The van der Waals surface area contributed by atoms with Crippen LogP contribution in [-0.2, 0) is 27.9 Å². The Balaban J connectivity index is 2.41. The van der Waals surface area contributed by atoms with Crippen molar-refractivity contribution >= 4 is 13.8 Å². The first-order valence-electron chi connectivity index (χ1n) is 22.8. The summed E-state index contributed by atoms with van der Waals surface area (Å²) in [5.74, 6) is -0.502. The monoisotopic (exact) mass is 869 g/mol. The van der Waals surface area contributed by atoms with Crippen molar-refractivity contribution in [3.63, 3.8) is 0 Å². The van der Waals surface area contributed by atoms with Gasteiger partial charge >= 0.3 is 13.8 Å². The Morgan fingerprint density at radius 3 is 1.52 bits per heavy atom. The molecule has 0 heterocycles. The predicted octanol–water partition coefficient (Wildman–Crippen LogP) is 9.19. The van der Waals surface area contributed by atoms with E-state index in [2.05, 4.69) is 86.8 Å². The number of aliphatic hydroxyl groups is 5. The number of esters is 1. The summed E-state index contributed by atoms with van der Waals surface area (Å²) < 4.78 is 34.1. The van der Waals surface area contributed by atoms with Crippen LogP contribution in [0.1, 0.15) is 155 Å². The van der Waals surface area contributed by atoms with Crippen molar-refractivity contribution in [2.24, 2.45) is 0 Å². The highest BCUT2D eigenvalue weighted by Crippen LogP contribution is 2.47. The zero-order chi connectivity index (χ0) is 44.1. The molecule has 0 aliphatic heterocycles. The summed E-state index contributed by atoms with van der Waals surface area (Å²) >= 11 is 0. The van der Waals surface area contributed by atoms with Gasteiger partial charge in [0.25, 0.3) is 0 Å². The van der Waals surface area contributed by atoms with E-state index in [0.717, 1.165) is 103 Å². The van der Waals surface area contributed by atoms with Crippen molar-refractivity contribution in [2.45, 2.75) is 198 Å². The fourth-order valence-corrected chi connectivity index (χ4v) is 7.39. The standard InChI is InChI=1S/C47H81O12P/c1-3-5-7-9-11-13-15-17-18-19-20-21-22-23-24-25-26-28-30-32-34-36-41(48)58-40(38-56-37-35-33-31-29-27-16-14-12-10-8-6-4-2)39-57-60(54,55)59-47-45(52)43(50)42(49)44(51)46(47)53/h5,7,10-13,17-18,20-21,23-24,40,42-47,49-53H,3-4,6,8-9,14-16,19,22,25-39H2,1-2H3,(H,54,55)/b7-5-,12-10-,13-11-,18-17-,21-20-,24-23-. The van der Waals surface area contributed by atoms with Crippen LogP contribution in [0.15, 0.2) is 72.9 Å². The molecule has 0 aromatic carbocycles. The maximum atomic E-state index is 12.8. The third kappa shape index (κ3) is 29.1. The minimum atomic E-state index is -5.03. The number of allylic oxidation sites excluding steroid dienone is 12. The van der Waals surface area contributed by atoms with Crippen molar-refractivity contribution in [1.29, 1.82) is 0 Å². The number of phosphoric acid groups is 1. The Labute approximate surface area is 361 Å². The van der Waals surface area contributed by atoms with Gasteiger partial charge in [0.2, 0.25) is 0 Å². The number of phosphoric ester groups is 1. The number of unbranched alkanes of at least 4 members (excludes halogenated alkanes) is 13. The molecule has 1 aliphatic carbocycles. The Morgan fingerprint density at radius 2 is 0.983 bits per heavy atom. The number of hydrogen-bond acceptors (Lipinski definition) is 11. The van der Waals surface area contributed by atoms with E-state index in [1.54, 1.807) is 0 Å².